The van der Waals surface area contributed by atoms with Crippen molar-refractivity contribution in [3.05, 3.63) is 59.4 Å². The van der Waals surface area contributed by atoms with Crippen molar-refractivity contribution in [3.8, 4) is 17.2 Å². The van der Waals surface area contributed by atoms with Crippen LogP contribution in [0.1, 0.15) is 15.9 Å². The number of benzene rings is 2. The molecule has 0 spiro atoms. The van der Waals surface area contributed by atoms with E-state index in [0.29, 0.717) is 11.3 Å². The summed E-state index contributed by atoms with van der Waals surface area (Å²) in [5, 5.41) is 9.39. The molecule has 1 heterocycles. The van der Waals surface area contributed by atoms with Crippen LogP contribution < -0.4 is 9.47 Å². The van der Waals surface area contributed by atoms with Crippen molar-refractivity contribution in [1.82, 2.24) is 0 Å². The van der Waals surface area contributed by atoms with Crippen LogP contribution in [0.5, 0.6) is 17.2 Å². The van der Waals surface area contributed by atoms with Crippen molar-refractivity contribution in [2.75, 3.05) is 7.11 Å². The molecule has 100 valence electrons. The van der Waals surface area contributed by atoms with E-state index in [9.17, 15) is 9.90 Å². The summed E-state index contributed by atoms with van der Waals surface area (Å²) in [6.07, 6.45) is 1.67. The Hall–Kier alpha value is -2.75. The van der Waals surface area contributed by atoms with Crippen molar-refractivity contribution in [1.29, 1.82) is 0 Å². The zero-order chi connectivity index (χ0) is 14.1. The zero-order valence-corrected chi connectivity index (χ0v) is 10.8. The highest BCUT2D eigenvalue weighted by Crippen LogP contribution is 2.34. The third kappa shape index (κ3) is 2.12. The van der Waals surface area contributed by atoms with Crippen LogP contribution >= 0.6 is 0 Å². The lowest BCUT2D eigenvalue weighted by molar-refractivity contribution is 0.101. The number of ether oxygens (including phenoxy) is 2. The molecule has 0 aliphatic carbocycles. The van der Waals surface area contributed by atoms with E-state index < -0.39 is 0 Å². The van der Waals surface area contributed by atoms with Gasteiger partial charge in [0.25, 0.3) is 0 Å². The van der Waals surface area contributed by atoms with Gasteiger partial charge in [-0.2, -0.15) is 0 Å². The van der Waals surface area contributed by atoms with Gasteiger partial charge in [0.2, 0.25) is 5.78 Å². The number of ketones is 1. The molecule has 0 fully saturated rings. The van der Waals surface area contributed by atoms with Gasteiger partial charge in [0, 0.05) is 6.07 Å². The van der Waals surface area contributed by atoms with Gasteiger partial charge in [-0.15, -0.1) is 0 Å². The molecule has 0 aromatic heterocycles. The first kappa shape index (κ1) is 12.3. The summed E-state index contributed by atoms with van der Waals surface area (Å²) in [6.45, 7) is 0. The number of phenols is 1. The summed E-state index contributed by atoms with van der Waals surface area (Å²) in [5.41, 5.74) is 1.30. The molecule has 1 aliphatic rings. The predicted molar refractivity (Wildman–Crippen MR) is 74.0 cm³/mol. The van der Waals surface area contributed by atoms with Crippen molar-refractivity contribution >= 4 is 11.9 Å². The maximum atomic E-state index is 12.1. The Kier molecular flexibility index (Phi) is 2.91. The second-order valence-corrected chi connectivity index (χ2v) is 4.39. The average molecular weight is 268 g/mol. The standard InChI is InChI=1S/C16H12O4/c1-19-12-5-2-10(3-6-12)8-15-16(18)13-7-4-11(17)9-14(13)20-15/h2-9,17H,1H3/b15-8+. The average Bonchev–Trinajstić information content (AvgIpc) is 2.75. The second-order valence-electron chi connectivity index (χ2n) is 4.39. The molecule has 1 N–H and O–H groups in total. The van der Waals surface area contributed by atoms with E-state index in [1.165, 1.54) is 12.1 Å². The monoisotopic (exact) mass is 268 g/mol. The SMILES string of the molecule is COc1ccc(/C=C2/Oc3cc(O)ccc3C2=O)cc1. The molecular formula is C16H12O4. The first-order valence-electron chi connectivity index (χ1n) is 6.09. The highest BCUT2D eigenvalue weighted by Gasteiger charge is 2.27. The van der Waals surface area contributed by atoms with E-state index in [-0.39, 0.29) is 17.3 Å². The molecule has 0 bridgehead atoms. The summed E-state index contributed by atoms with van der Waals surface area (Å²) in [6, 6.07) is 11.8. The summed E-state index contributed by atoms with van der Waals surface area (Å²) in [5.74, 6) is 1.27. The van der Waals surface area contributed by atoms with E-state index in [0.717, 1.165) is 11.3 Å². The van der Waals surface area contributed by atoms with Crippen LogP contribution in [0.25, 0.3) is 6.08 Å². The number of carbonyl (C=O) groups excluding carboxylic acids is 1. The minimum absolute atomic E-state index is 0.0715. The minimum atomic E-state index is -0.184. The first-order chi connectivity index (χ1) is 9.67. The lowest BCUT2D eigenvalue weighted by Crippen LogP contribution is -1.97. The van der Waals surface area contributed by atoms with Gasteiger partial charge in [-0.05, 0) is 35.9 Å². The maximum absolute atomic E-state index is 12.1. The molecule has 4 heteroatoms. The van der Waals surface area contributed by atoms with E-state index in [2.05, 4.69) is 0 Å². The van der Waals surface area contributed by atoms with E-state index in [1.54, 1.807) is 19.3 Å². The molecule has 0 unspecified atom stereocenters. The molecule has 4 nitrogen and oxygen atoms in total. The van der Waals surface area contributed by atoms with Gasteiger partial charge in [0.1, 0.15) is 17.2 Å². The van der Waals surface area contributed by atoms with Crippen LogP contribution in [0.2, 0.25) is 0 Å². The van der Waals surface area contributed by atoms with Gasteiger partial charge >= 0.3 is 0 Å². The largest absolute Gasteiger partial charge is 0.508 e. The number of methoxy groups -OCH3 is 1. The van der Waals surface area contributed by atoms with Crippen LogP contribution in [0.3, 0.4) is 0 Å². The molecular weight excluding hydrogens is 256 g/mol. The van der Waals surface area contributed by atoms with E-state index in [1.807, 2.05) is 24.3 Å². The Bertz CT molecular complexity index is 699. The highest BCUT2D eigenvalue weighted by atomic mass is 16.5. The fourth-order valence-electron chi connectivity index (χ4n) is 2.03. The predicted octanol–water partition coefficient (Wildman–Crippen LogP) is 3.02. The van der Waals surface area contributed by atoms with Gasteiger partial charge in [0.05, 0.1) is 12.7 Å². The number of hydrogen-bond acceptors (Lipinski definition) is 4. The normalized spacial score (nSPS) is 15.1. The third-order valence-corrected chi connectivity index (χ3v) is 3.07. The maximum Gasteiger partial charge on any atom is 0.231 e. The van der Waals surface area contributed by atoms with Gasteiger partial charge in [-0.25, -0.2) is 0 Å². The number of allylic oxidation sites excluding steroid dienone is 1. The molecule has 3 rings (SSSR count). The molecule has 2 aromatic carbocycles. The summed E-state index contributed by atoms with van der Waals surface area (Å²) < 4.78 is 10.6. The van der Waals surface area contributed by atoms with Crippen molar-refractivity contribution in [3.63, 3.8) is 0 Å². The lowest BCUT2D eigenvalue weighted by Gasteiger charge is -2.01. The van der Waals surface area contributed by atoms with Crippen LogP contribution in [0.15, 0.2) is 48.2 Å². The number of carbonyl (C=O) groups is 1. The van der Waals surface area contributed by atoms with E-state index >= 15 is 0 Å². The summed E-state index contributed by atoms with van der Waals surface area (Å²) in [7, 11) is 1.60. The first-order valence-corrected chi connectivity index (χ1v) is 6.09. The number of hydrogen-bond donors (Lipinski definition) is 1. The van der Waals surface area contributed by atoms with Crippen LogP contribution in [-0.4, -0.2) is 18.0 Å². The van der Waals surface area contributed by atoms with Crippen LogP contribution in [-0.2, 0) is 0 Å². The smallest absolute Gasteiger partial charge is 0.231 e. The van der Waals surface area contributed by atoms with Crippen molar-refractivity contribution in [2.45, 2.75) is 0 Å². The quantitative estimate of drug-likeness (QED) is 0.851. The summed E-state index contributed by atoms with van der Waals surface area (Å²) >= 11 is 0. The van der Waals surface area contributed by atoms with Gasteiger partial charge in [-0.1, -0.05) is 12.1 Å². The molecule has 20 heavy (non-hydrogen) atoms. The lowest BCUT2D eigenvalue weighted by atomic mass is 10.1. The molecule has 0 radical (unpaired) electrons. The zero-order valence-electron chi connectivity index (χ0n) is 10.8. The molecule has 0 saturated heterocycles. The van der Waals surface area contributed by atoms with Crippen LogP contribution in [0.4, 0.5) is 0 Å². The Morgan fingerprint density at radius 1 is 1.15 bits per heavy atom. The molecule has 1 aliphatic heterocycles. The fraction of sp³-hybridized carbons (Fsp3) is 0.0625. The number of fused-ring (bicyclic) bond motifs is 1. The Morgan fingerprint density at radius 3 is 2.60 bits per heavy atom. The summed E-state index contributed by atoms with van der Waals surface area (Å²) in [4.78, 5) is 12.1. The fourth-order valence-corrected chi connectivity index (χ4v) is 2.03. The Labute approximate surface area is 115 Å². The number of phenolic OH excluding ortho intramolecular Hbond substituents is 1. The molecule has 0 atom stereocenters. The van der Waals surface area contributed by atoms with Gasteiger partial charge < -0.3 is 14.6 Å². The number of aromatic hydroxyl groups is 1. The van der Waals surface area contributed by atoms with Crippen LogP contribution in [0, 0.1) is 0 Å². The Morgan fingerprint density at radius 2 is 1.90 bits per heavy atom. The molecule has 2 aromatic rings. The second kappa shape index (κ2) is 4.74. The highest BCUT2D eigenvalue weighted by molar-refractivity contribution is 6.14. The number of Topliss-reactive ketones (excluding diaryl/α,β-unsaturated/α-hetero) is 1. The molecule has 0 saturated carbocycles. The third-order valence-electron chi connectivity index (χ3n) is 3.07. The van der Waals surface area contributed by atoms with Crippen molar-refractivity contribution < 1.29 is 19.4 Å². The molecule has 0 amide bonds. The Balaban J connectivity index is 1.92. The minimum Gasteiger partial charge on any atom is -0.508 e. The topological polar surface area (TPSA) is 55.8 Å². The van der Waals surface area contributed by atoms with Gasteiger partial charge in [-0.3, -0.25) is 4.79 Å². The van der Waals surface area contributed by atoms with E-state index in [4.69, 9.17) is 9.47 Å². The van der Waals surface area contributed by atoms with Gasteiger partial charge in [0.15, 0.2) is 5.76 Å². The van der Waals surface area contributed by atoms with Crippen molar-refractivity contribution in [2.24, 2.45) is 0 Å². The number of rotatable bonds is 2.